The quantitative estimate of drug-likeness (QED) is 0.834. The fraction of sp³-hybridized carbons (Fsp3) is 0.650. The molecule has 1 aromatic carbocycles. The molecule has 2 rings (SSSR count). The summed E-state index contributed by atoms with van der Waals surface area (Å²) < 4.78 is 0. The maximum absolute atomic E-state index is 12.2. The van der Waals surface area contributed by atoms with Crippen molar-refractivity contribution in [2.75, 3.05) is 0 Å². The van der Waals surface area contributed by atoms with Crippen molar-refractivity contribution in [3.63, 3.8) is 0 Å². The average Bonchev–Trinajstić information content (AvgIpc) is 3.27. The van der Waals surface area contributed by atoms with E-state index in [1.165, 1.54) is 11.1 Å². The maximum Gasteiger partial charge on any atom is 0.237 e. The summed E-state index contributed by atoms with van der Waals surface area (Å²) in [6, 6.07) is 9.24. The molecule has 0 aliphatic heterocycles. The van der Waals surface area contributed by atoms with Crippen LogP contribution in [-0.4, -0.2) is 18.0 Å². The summed E-state index contributed by atoms with van der Waals surface area (Å²) in [6.45, 7) is 13.0. The molecule has 0 saturated heterocycles. The minimum Gasteiger partial charge on any atom is -0.352 e. The van der Waals surface area contributed by atoms with Gasteiger partial charge in [0.25, 0.3) is 0 Å². The van der Waals surface area contributed by atoms with Gasteiger partial charge in [0.1, 0.15) is 0 Å². The zero-order valence-electron chi connectivity index (χ0n) is 15.4. The molecule has 3 heteroatoms. The molecule has 2 N–H and O–H groups in total. The first-order valence-corrected chi connectivity index (χ1v) is 8.85. The third-order valence-electron chi connectivity index (χ3n) is 4.55. The molecular weight excluding hydrogens is 284 g/mol. The zero-order chi connectivity index (χ0) is 17.2. The Morgan fingerprint density at radius 2 is 1.65 bits per heavy atom. The third kappa shape index (κ3) is 5.07. The lowest BCUT2D eigenvalue weighted by atomic mass is 9.85. The second-order valence-corrected chi connectivity index (χ2v) is 8.26. The van der Waals surface area contributed by atoms with Crippen LogP contribution in [0.4, 0.5) is 0 Å². The molecule has 0 radical (unpaired) electrons. The molecule has 0 spiro atoms. The number of hydrogen-bond acceptors (Lipinski definition) is 2. The fourth-order valence-corrected chi connectivity index (χ4v) is 2.76. The van der Waals surface area contributed by atoms with E-state index in [4.69, 9.17) is 0 Å². The van der Waals surface area contributed by atoms with E-state index in [1.807, 2.05) is 6.92 Å². The maximum atomic E-state index is 12.2. The van der Waals surface area contributed by atoms with Crippen molar-refractivity contribution in [3.8, 4) is 0 Å². The summed E-state index contributed by atoms with van der Waals surface area (Å²) in [6.07, 6.45) is 2.25. The Bertz CT molecular complexity index is 524. The second kappa shape index (κ2) is 7.04. The molecule has 0 heterocycles. The summed E-state index contributed by atoms with van der Waals surface area (Å²) >= 11 is 0. The summed E-state index contributed by atoms with van der Waals surface area (Å²) in [5.41, 5.74) is 2.75. The van der Waals surface area contributed by atoms with E-state index < -0.39 is 0 Å². The molecule has 0 bridgehead atoms. The van der Waals surface area contributed by atoms with E-state index in [0.717, 1.165) is 12.8 Å². The Morgan fingerprint density at radius 1 is 1.09 bits per heavy atom. The van der Waals surface area contributed by atoms with E-state index in [-0.39, 0.29) is 23.4 Å². The van der Waals surface area contributed by atoms with E-state index in [9.17, 15) is 4.79 Å². The molecule has 0 aromatic heterocycles. The standard InChI is InChI=1S/C20H32N2O/c1-13(2)18(21-14(3)19(23)22-17-11-12-17)15-7-9-16(10-8-15)20(4,5)6/h7-10,13-14,17-18,21H,11-12H2,1-6H3,(H,22,23)/t14-,18+/m1/s1. The van der Waals surface area contributed by atoms with Crippen LogP contribution < -0.4 is 10.6 Å². The van der Waals surface area contributed by atoms with Crippen molar-refractivity contribution in [2.24, 2.45) is 5.92 Å². The molecule has 23 heavy (non-hydrogen) atoms. The Labute approximate surface area is 141 Å². The Morgan fingerprint density at radius 3 is 2.09 bits per heavy atom. The van der Waals surface area contributed by atoms with E-state index >= 15 is 0 Å². The van der Waals surface area contributed by atoms with Gasteiger partial charge in [-0.2, -0.15) is 0 Å². The summed E-state index contributed by atoms with van der Waals surface area (Å²) in [7, 11) is 0. The molecule has 128 valence electrons. The highest BCUT2D eigenvalue weighted by molar-refractivity contribution is 5.81. The van der Waals surface area contributed by atoms with E-state index in [2.05, 4.69) is 69.5 Å². The number of nitrogens with one attached hydrogen (secondary N) is 2. The SMILES string of the molecule is CC(C)[C@H](N[C@H](C)C(=O)NC1CC1)c1ccc(C(C)(C)C)cc1. The normalized spacial score (nSPS) is 17.9. The van der Waals surface area contributed by atoms with Crippen LogP contribution in [0.2, 0.25) is 0 Å². The highest BCUT2D eigenvalue weighted by Gasteiger charge is 2.27. The van der Waals surface area contributed by atoms with Gasteiger partial charge in [0.05, 0.1) is 6.04 Å². The Hall–Kier alpha value is -1.35. The number of carbonyl (C=O) groups is 1. The smallest absolute Gasteiger partial charge is 0.237 e. The molecule has 1 fully saturated rings. The number of hydrogen-bond donors (Lipinski definition) is 2. The molecule has 3 nitrogen and oxygen atoms in total. The number of amides is 1. The van der Waals surface area contributed by atoms with Crippen molar-refractivity contribution in [1.82, 2.24) is 10.6 Å². The van der Waals surface area contributed by atoms with Crippen molar-refractivity contribution >= 4 is 5.91 Å². The van der Waals surface area contributed by atoms with Gasteiger partial charge in [-0.25, -0.2) is 0 Å². The van der Waals surface area contributed by atoms with E-state index in [1.54, 1.807) is 0 Å². The lowest BCUT2D eigenvalue weighted by Gasteiger charge is -2.27. The second-order valence-electron chi connectivity index (χ2n) is 8.26. The first-order valence-electron chi connectivity index (χ1n) is 8.85. The van der Waals surface area contributed by atoms with Crippen LogP contribution in [0.5, 0.6) is 0 Å². The van der Waals surface area contributed by atoms with Gasteiger partial charge in [-0.1, -0.05) is 58.9 Å². The summed E-state index contributed by atoms with van der Waals surface area (Å²) in [5.74, 6) is 0.538. The van der Waals surface area contributed by atoms with Crippen LogP contribution in [0.15, 0.2) is 24.3 Å². The van der Waals surface area contributed by atoms with Gasteiger partial charge in [0, 0.05) is 12.1 Å². The van der Waals surface area contributed by atoms with Gasteiger partial charge in [-0.05, 0) is 42.2 Å². The predicted octanol–water partition coefficient (Wildman–Crippen LogP) is 3.94. The molecule has 1 aromatic rings. The van der Waals surface area contributed by atoms with Gasteiger partial charge in [-0.3, -0.25) is 10.1 Å². The average molecular weight is 316 g/mol. The van der Waals surface area contributed by atoms with Crippen molar-refractivity contribution < 1.29 is 4.79 Å². The summed E-state index contributed by atoms with van der Waals surface area (Å²) in [4.78, 5) is 12.2. The Balaban J connectivity index is 2.06. The van der Waals surface area contributed by atoms with Gasteiger partial charge in [-0.15, -0.1) is 0 Å². The molecule has 1 aliphatic rings. The molecule has 2 atom stereocenters. The number of benzene rings is 1. The van der Waals surface area contributed by atoms with Crippen molar-refractivity contribution in [2.45, 2.75) is 77.9 Å². The molecule has 1 aliphatic carbocycles. The molecule has 0 unspecified atom stereocenters. The molecule has 1 saturated carbocycles. The predicted molar refractivity (Wildman–Crippen MR) is 96.5 cm³/mol. The topological polar surface area (TPSA) is 41.1 Å². The Kier molecular flexibility index (Phi) is 5.51. The zero-order valence-corrected chi connectivity index (χ0v) is 15.4. The third-order valence-corrected chi connectivity index (χ3v) is 4.55. The van der Waals surface area contributed by atoms with Crippen LogP contribution in [0.3, 0.4) is 0 Å². The van der Waals surface area contributed by atoms with Crippen molar-refractivity contribution in [3.05, 3.63) is 35.4 Å². The van der Waals surface area contributed by atoms with Crippen LogP contribution in [0.25, 0.3) is 0 Å². The monoisotopic (exact) mass is 316 g/mol. The number of carbonyl (C=O) groups excluding carboxylic acids is 1. The highest BCUT2D eigenvalue weighted by Crippen LogP contribution is 2.27. The minimum absolute atomic E-state index is 0.115. The van der Waals surface area contributed by atoms with Crippen LogP contribution in [0, 0.1) is 5.92 Å². The van der Waals surface area contributed by atoms with Gasteiger partial charge in [0.2, 0.25) is 5.91 Å². The first kappa shape index (κ1) is 18.0. The molecule has 1 amide bonds. The van der Waals surface area contributed by atoms with E-state index in [0.29, 0.717) is 12.0 Å². The first-order chi connectivity index (χ1) is 10.7. The van der Waals surface area contributed by atoms with Crippen molar-refractivity contribution in [1.29, 1.82) is 0 Å². The van der Waals surface area contributed by atoms with Gasteiger partial charge < -0.3 is 5.32 Å². The van der Waals surface area contributed by atoms with Crippen LogP contribution >= 0.6 is 0 Å². The molecular formula is C20H32N2O. The van der Waals surface area contributed by atoms with Crippen LogP contribution in [0.1, 0.15) is 71.6 Å². The summed E-state index contributed by atoms with van der Waals surface area (Å²) in [5, 5.41) is 6.59. The number of rotatable bonds is 6. The van der Waals surface area contributed by atoms with Gasteiger partial charge in [0.15, 0.2) is 0 Å². The largest absolute Gasteiger partial charge is 0.352 e. The lowest BCUT2D eigenvalue weighted by molar-refractivity contribution is -0.123. The minimum atomic E-state index is -0.176. The fourth-order valence-electron chi connectivity index (χ4n) is 2.76. The van der Waals surface area contributed by atoms with Gasteiger partial charge >= 0.3 is 0 Å². The highest BCUT2D eigenvalue weighted by atomic mass is 16.2. The van der Waals surface area contributed by atoms with Crippen LogP contribution in [-0.2, 0) is 10.2 Å². The lowest BCUT2D eigenvalue weighted by Crippen LogP contribution is -2.45.